The number of hydrogen-bond acceptors (Lipinski definition) is 5. The first-order valence-corrected chi connectivity index (χ1v) is 8.55. The van der Waals surface area contributed by atoms with Crippen molar-refractivity contribution >= 4 is 0 Å². The summed E-state index contributed by atoms with van der Waals surface area (Å²) in [5, 5.41) is 17.1. The number of H-pyrrole nitrogens is 2. The van der Waals surface area contributed by atoms with Crippen LogP contribution in [0.3, 0.4) is 0 Å². The van der Waals surface area contributed by atoms with Gasteiger partial charge in [0.25, 0.3) is 5.56 Å². The highest BCUT2D eigenvalue weighted by Crippen LogP contribution is 2.55. The van der Waals surface area contributed by atoms with Gasteiger partial charge in [-0.05, 0) is 47.6 Å². The number of alkyl halides is 3. The predicted molar refractivity (Wildman–Crippen MR) is 95.0 cm³/mol. The van der Waals surface area contributed by atoms with Crippen molar-refractivity contribution in [2.75, 3.05) is 0 Å². The zero-order valence-corrected chi connectivity index (χ0v) is 14.6. The van der Waals surface area contributed by atoms with E-state index in [1.165, 1.54) is 18.3 Å². The second kappa shape index (κ2) is 6.70. The summed E-state index contributed by atoms with van der Waals surface area (Å²) in [6.07, 6.45) is -2.56. The number of nitrogens with one attached hydrogen (secondary N) is 2. The molecule has 0 spiro atoms. The lowest BCUT2D eigenvalue weighted by atomic mass is 10.0. The van der Waals surface area contributed by atoms with Gasteiger partial charge in [-0.15, -0.1) is 10.2 Å². The molecule has 2 N–H and O–H groups in total. The summed E-state index contributed by atoms with van der Waals surface area (Å²) in [5.41, 5.74) is -0.362. The molecule has 2 aromatic heterocycles. The summed E-state index contributed by atoms with van der Waals surface area (Å²) in [5.74, 6) is -0.187. The molecule has 2 heterocycles. The van der Waals surface area contributed by atoms with Crippen molar-refractivity contribution < 1.29 is 13.2 Å². The first-order valence-electron chi connectivity index (χ1n) is 8.55. The lowest BCUT2D eigenvalue weighted by Gasteiger charge is -2.08. The largest absolute Gasteiger partial charge is 0.416 e. The number of nitrogens with zero attached hydrogens (tertiary/aromatic N) is 3. The normalized spacial score (nSPS) is 18.3. The molecular weight excluding hydrogens is 387 g/mol. The van der Waals surface area contributed by atoms with Crippen LogP contribution in [0.4, 0.5) is 13.2 Å². The summed E-state index contributed by atoms with van der Waals surface area (Å²) < 4.78 is 38.2. The quantitative estimate of drug-likeness (QED) is 0.703. The first-order chi connectivity index (χ1) is 13.8. The molecule has 1 aromatic carbocycles. The van der Waals surface area contributed by atoms with Gasteiger partial charge in [0.05, 0.1) is 11.1 Å². The van der Waals surface area contributed by atoms with Gasteiger partial charge in [-0.25, -0.2) is 4.79 Å². The van der Waals surface area contributed by atoms with Crippen LogP contribution in [-0.4, -0.2) is 20.2 Å². The van der Waals surface area contributed by atoms with Crippen molar-refractivity contribution in [1.29, 1.82) is 5.26 Å². The van der Waals surface area contributed by atoms with Crippen LogP contribution in [-0.2, 0) is 6.18 Å². The number of hydrogen-bond donors (Lipinski definition) is 2. The molecule has 146 valence electrons. The van der Waals surface area contributed by atoms with Crippen molar-refractivity contribution in [1.82, 2.24) is 20.2 Å². The second-order valence-electron chi connectivity index (χ2n) is 6.70. The minimum Gasteiger partial charge on any atom is -0.313 e. The third-order valence-corrected chi connectivity index (χ3v) is 4.88. The van der Waals surface area contributed by atoms with Crippen LogP contribution in [0.1, 0.15) is 40.6 Å². The number of halogens is 3. The van der Waals surface area contributed by atoms with Crippen molar-refractivity contribution in [3.8, 4) is 17.3 Å². The fourth-order valence-electron chi connectivity index (χ4n) is 3.33. The Bertz CT molecular complexity index is 1240. The van der Waals surface area contributed by atoms with Crippen LogP contribution in [0.15, 0.2) is 46.1 Å². The number of aromatic amines is 2. The van der Waals surface area contributed by atoms with Crippen LogP contribution in [0.25, 0.3) is 11.3 Å². The van der Waals surface area contributed by atoms with Crippen LogP contribution in [0.5, 0.6) is 0 Å². The monoisotopic (exact) mass is 399 g/mol. The molecule has 0 radical (unpaired) electrons. The van der Waals surface area contributed by atoms with E-state index in [-0.39, 0.29) is 28.8 Å². The molecule has 1 aliphatic rings. The van der Waals surface area contributed by atoms with Gasteiger partial charge < -0.3 is 4.98 Å². The number of nitriles is 1. The molecule has 2 atom stereocenters. The van der Waals surface area contributed by atoms with Crippen LogP contribution < -0.4 is 11.2 Å². The Morgan fingerprint density at radius 1 is 1.10 bits per heavy atom. The number of benzene rings is 1. The highest BCUT2D eigenvalue weighted by atomic mass is 19.4. The SMILES string of the molecule is N#Cc1nnc(-c2c[nH]c(=O)[nH]c2=O)cc1[C@H]1C[C@@H]1c1ccc(C(F)(F)F)cc1. The second-order valence-corrected chi connectivity index (χ2v) is 6.70. The topological polar surface area (TPSA) is 115 Å². The number of aromatic nitrogens is 4. The van der Waals surface area contributed by atoms with Gasteiger partial charge in [0.1, 0.15) is 11.8 Å². The van der Waals surface area contributed by atoms with Crippen molar-refractivity contribution in [3.63, 3.8) is 0 Å². The molecule has 1 fully saturated rings. The lowest BCUT2D eigenvalue weighted by molar-refractivity contribution is -0.137. The Balaban J connectivity index is 1.66. The van der Waals surface area contributed by atoms with E-state index in [0.717, 1.165) is 17.7 Å². The Hall–Kier alpha value is -3.74. The molecular formula is C19H12F3N5O2. The number of rotatable bonds is 3. The Morgan fingerprint density at radius 3 is 2.45 bits per heavy atom. The molecule has 1 aliphatic carbocycles. The van der Waals surface area contributed by atoms with E-state index >= 15 is 0 Å². The van der Waals surface area contributed by atoms with Gasteiger partial charge in [-0.2, -0.15) is 18.4 Å². The van der Waals surface area contributed by atoms with E-state index in [9.17, 15) is 28.0 Å². The molecule has 0 bridgehead atoms. The first kappa shape index (κ1) is 18.6. The molecule has 0 unspecified atom stereocenters. The van der Waals surface area contributed by atoms with E-state index in [0.29, 0.717) is 12.0 Å². The van der Waals surface area contributed by atoms with Crippen LogP contribution >= 0.6 is 0 Å². The third-order valence-electron chi connectivity index (χ3n) is 4.88. The molecule has 1 saturated carbocycles. The smallest absolute Gasteiger partial charge is 0.313 e. The lowest BCUT2D eigenvalue weighted by Crippen LogP contribution is -2.23. The summed E-state index contributed by atoms with van der Waals surface area (Å²) in [4.78, 5) is 27.6. The maximum atomic E-state index is 12.7. The van der Waals surface area contributed by atoms with Gasteiger partial charge in [-0.1, -0.05) is 12.1 Å². The molecule has 0 saturated heterocycles. The van der Waals surface area contributed by atoms with Gasteiger partial charge in [0, 0.05) is 6.20 Å². The fraction of sp³-hybridized carbons (Fsp3) is 0.211. The van der Waals surface area contributed by atoms with E-state index in [1.54, 1.807) is 6.07 Å². The minimum absolute atomic E-state index is 0.0599. The molecule has 7 nitrogen and oxygen atoms in total. The maximum Gasteiger partial charge on any atom is 0.416 e. The van der Waals surface area contributed by atoms with E-state index in [1.807, 2.05) is 6.07 Å². The van der Waals surface area contributed by atoms with Gasteiger partial charge >= 0.3 is 11.9 Å². The van der Waals surface area contributed by atoms with Gasteiger partial charge in [-0.3, -0.25) is 9.78 Å². The fourth-order valence-corrected chi connectivity index (χ4v) is 3.33. The maximum absolute atomic E-state index is 12.7. The Kier molecular flexibility index (Phi) is 4.30. The summed E-state index contributed by atoms with van der Waals surface area (Å²) in [7, 11) is 0. The molecule has 10 heteroatoms. The average Bonchev–Trinajstić information content (AvgIpc) is 3.48. The van der Waals surface area contributed by atoms with Crippen molar-refractivity contribution in [2.45, 2.75) is 24.4 Å². The zero-order chi connectivity index (χ0) is 20.8. The Morgan fingerprint density at radius 2 is 1.83 bits per heavy atom. The summed E-state index contributed by atoms with van der Waals surface area (Å²) in [6, 6.07) is 8.44. The third kappa shape index (κ3) is 3.54. The summed E-state index contributed by atoms with van der Waals surface area (Å²) in [6.45, 7) is 0. The van der Waals surface area contributed by atoms with E-state index in [2.05, 4.69) is 20.2 Å². The van der Waals surface area contributed by atoms with E-state index < -0.39 is 23.0 Å². The molecule has 4 rings (SSSR count). The minimum atomic E-state index is -4.40. The van der Waals surface area contributed by atoms with Crippen LogP contribution in [0.2, 0.25) is 0 Å². The predicted octanol–water partition coefficient (Wildman–Crippen LogP) is 2.68. The average molecular weight is 399 g/mol. The molecule has 3 aromatic rings. The molecule has 0 amide bonds. The van der Waals surface area contributed by atoms with Gasteiger partial charge in [0.2, 0.25) is 0 Å². The van der Waals surface area contributed by atoms with Gasteiger partial charge in [0.15, 0.2) is 5.69 Å². The highest BCUT2D eigenvalue weighted by Gasteiger charge is 2.42. The van der Waals surface area contributed by atoms with E-state index in [4.69, 9.17) is 0 Å². The van der Waals surface area contributed by atoms with Crippen LogP contribution in [0, 0.1) is 11.3 Å². The summed E-state index contributed by atoms with van der Waals surface area (Å²) >= 11 is 0. The highest BCUT2D eigenvalue weighted by molar-refractivity contribution is 5.59. The van der Waals surface area contributed by atoms with Crippen molar-refractivity contribution in [3.05, 3.63) is 79.8 Å². The standard InChI is InChI=1S/C19H12F3N5O2/c20-19(21,22)10-3-1-9(2-4-10)11-5-12(11)13-6-15(26-27-16(13)7-23)14-8-24-18(29)25-17(14)28/h1-4,6,8,11-12H,5H2,(H2,24,25,28,29)/t11-,12+/m1/s1. The Labute approximate surface area is 160 Å². The zero-order valence-electron chi connectivity index (χ0n) is 14.6. The molecule has 29 heavy (non-hydrogen) atoms. The molecule has 0 aliphatic heterocycles. The van der Waals surface area contributed by atoms with Crippen molar-refractivity contribution in [2.24, 2.45) is 0 Å².